The lowest BCUT2D eigenvalue weighted by atomic mass is 10.2. The van der Waals surface area contributed by atoms with Gasteiger partial charge < -0.3 is 9.88 Å². The van der Waals surface area contributed by atoms with E-state index in [0.29, 0.717) is 6.04 Å². The second-order valence-corrected chi connectivity index (χ2v) is 3.28. The molecule has 0 saturated carbocycles. The third kappa shape index (κ3) is 1.80. The minimum Gasteiger partial charge on any atom is -0.335 e. The highest BCUT2D eigenvalue weighted by molar-refractivity contribution is 5.07. The Kier molecular flexibility index (Phi) is 2.45. The van der Waals surface area contributed by atoms with Crippen LogP contribution in [0.1, 0.15) is 12.7 Å². The molecule has 0 saturated heterocycles. The molecule has 1 aliphatic rings. The van der Waals surface area contributed by atoms with E-state index in [1.54, 1.807) is 0 Å². The van der Waals surface area contributed by atoms with Crippen LogP contribution in [0.5, 0.6) is 0 Å². The summed E-state index contributed by atoms with van der Waals surface area (Å²) in [6, 6.07) is 0.479. The van der Waals surface area contributed by atoms with Crippen molar-refractivity contribution in [1.29, 1.82) is 0 Å². The van der Waals surface area contributed by atoms with E-state index in [4.69, 9.17) is 0 Å². The van der Waals surface area contributed by atoms with Gasteiger partial charge in [0.1, 0.15) is 5.82 Å². The fourth-order valence-electron chi connectivity index (χ4n) is 1.67. The third-order valence-electron chi connectivity index (χ3n) is 2.41. The van der Waals surface area contributed by atoms with Gasteiger partial charge in [-0.25, -0.2) is 4.98 Å². The first kappa shape index (κ1) is 8.51. The maximum Gasteiger partial charge on any atom is 0.110 e. The standard InChI is InChI=1S/C10H15N3/c1-2-13-7-6-12-10(13)8-9-4-3-5-11-9/h3-4,6-7,9,11H,2,5,8H2,1H3. The van der Waals surface area contributed by atoms with Gasteiger partial charge in [0.2, 0.25) is 0 Å². The monoisotopic (exact) mass is 177 g/mol. The molecule has 0 aromatic carbocycles. The molecule has 0 amide bonds. The van der Waals surface area contributed by atoms with Gasteiger partial charge in [0.15, 0.2) is 0 Å². The van der Waals surface area contributed by atoms with Gasteiger partial charge in [-0.2, -0.15) is 0 Å². The molecule has 1 aromatic heterocycles. The smallest absolute Gasteiger partial charge is 0.110 e. The number of imidazole rings is 1. The van der Waals surface area contributed by atoms with Crippen LogP contribution in [-0.2, 0) is 13.0 Å². The summed E-state index contributed by atoms with van der Waals surface area (Å²) in [7, 11) is 0. The van der Waals surface area contributed by atoms with Crippen LogP contribution >= 0.6 is 0 Å². The van der Waals surface area contributed by atoms with Gasteiger partial charge in [-0.15, -0.1) is 0 Å². The van der Waals surface area contributed by atoms with E-state index >= 15 is 0 Å². The van der Waals surface area contributed by atoms with Gasteiger partial charge in [0.25, 0.3) is 0 Å². The van der Waals surface area contributed by atoms with Crippen LogP contribution in [0.2, 0.25) is 0 Å². The number of aryl methyl sites for hydroxylation is 1. The van der Waals surface area contributed by atoms with Crippen LogP contribution in [0.25, 0.3) is 0 Å². The van der Waals surface area contributed by atoms with E-state index in [-0.39, 0.29) is 0 Å². The lowest BCUT2D eigenvalue weighted by molar-refractivity contribution is 0.607. The van der Waals surface area contributed by atoms with Gasteiger partial charge >= 0.3 is 0 Å². The van der Waals surface area contributed by atoms with E-state index in [2.05, 4.69) is 33.9 Å². The van der Waals surface area contributed by atoms with Gasteiger partial charge in [0.05, 0.1) is 0 Å². The van der Waals surface area contributed by atoms with E-state index in [0.717, 1.165) is 19.5 Å². The van der Waals surface area contributed by atoms with Crippen molar-refractivity contribution >= 4 is 0 Å². The molecule has 2 rings (SSSR count). The molecule has 0 bridgehead atoms. The lowest BCUT2D eigenvalue weighted by Crippen LogP contribution is -2.25. The zero-order chi connectivity index (χ0) is 9.10. The summed E-state index contributed by atoms with van der Waals surface area (Å²) in [5.41, 5.74) is 0. The molecule has 3 heteroatoms. The average molecular weight is 177 g/mol. The Hall–Kier alpha value is -1.09. The number of aromatic nitrogens is 2. The predicted molar refractivity (Wildman–Crippen MR) is 52.5 cm³/mol. The van der Waals surface area contributed by atoms with Crippen molar-refractivity contribution in [2.45, 2.75) is 25.9 Å². The first-order valence-corrected chi connectivity index (χ1v) is 4.80. The van der Waals surface area contributed by atoms with Gasteiger partial charge in [-0.3, -0.25) is 0 Å². The van der Waals surface area contributed by atoms with Crippen LogP contribution in [0.3, 0.4) is 0 Å². The Labute approximate surface area is 78.5 Å². The highest BCUT2D eigenvalue weighted by atomic mass is 15.1. The summed E-state index contributed by atoms with van der Waals surface area (Å²) in [5.74, 6) is 1.17. The summed E-state index contributed by atoms with van der Waals surface area (Å²) in [6.45, 7) is 4.15. The van der Waals surface area contributed by atoms with Crippen molar-refractivity contribution in [2.24, 2.45) is 0 Å². The minimum absolute atomic E-state index is 0.479. The fourth-order valence-corrected chi connectivity index (χ4v) is 1.67. The third-order valence-corrected chi connectivity index (χ3v) is 2.41. The largest absolute Gasteiger partial charge is 0.335 e. The zero-order valence-corrected chi connectivity index (χ0v) is 7.90. The average Bonchev–Trinajstić information content (AvgIpc) is 2.76. The summed E-state index contributed by atoms with van der Waals surface area (Å²) < 4.78 is 2.19. The molecule has 0 radical (unpaired) electrons. The topological polar surface area (TPSA) is 29.9 Å². The van der Waals surface area contributed by atoms with E-state index in [1.807, 2.05) is 12.4 Å². The Morgan fingerprint density at radius 3 is 3.31 bits per heavy atom. The van der Waals surface area contributed by atoms with Crippen molar-refractivity contribution in [1.82, 2.24) is 14.9 Å². The molecule has 1 aromatic rings. The quantitative estimate of drug-likeness (QED) is 0.697. The number of hydrogen-bond acceptors (Lipinski definition) is 2. The highest BCUT2D eigenvalue weighted by Gasteiger charge is 2.11. The van der Waals surface area contributed by atoms with Crippen molar-refractivity contribution < 1.29 is 0 Å². The van der Waals surface area contributed by atoms with Crippen LogP contribution < -0.4 is 5.32 Å². The summed E-state index contributed by atoms with van der Waals surface area (Å²) in [5, 5.41) is 3.38. The van der Waals surface area contributed by atoms with Crippen LogP contribution in [0, 0.1) is 0 Å². The molecule has 0 spiro atoms. The number of nitrogens with zero attached hydrogens (tertiary/aromatic N) is 2. The van der Waals surface area contributed by atoms with Gasteiger partial charge in [-0.1, -0.05) is 12.2 Å². The molecular weight excluding hydrogens is 162 g/mol. The molecule has 2 heterocycles. The maximum atomic E-state index is 4.34. The maximum absolute atomic E-state index is 4.34. The van der Waals surface area contributed by atoms with E-state index in [1.165, 1.54) is 5.82 Å². The molecule has 1 atom stereocenters. The normalized spacial score (nSPS) is 21.2. The van der Waals surface area contributed by atoms with Crippen LogP contribution in [-0.4, -0.2) is 22.1 Å². The second kappa shape index (κ2) is 3.75. The Bertz CT molecular complexity index is 301. The van der Waals surface area contributed by atoms with Gasteiger partial charge in [0, 0.05) is 37.9 Å². The van der Waals surface area contributed by atoms with Crippen molar-refractivity contribution in [3.63, 3.8) is 0 Å². The van der Waals surface area contributed by atoms with Gasteiger partial charge in [-0.05, 0) is 6.92 Å². The molecule has 1 aliphatic heterocycles. The zero-order valence-electron chi connectivity index (χ0n) is 7.90. The Morgan fingerprint density at radius 1 is 1.69 bits per heavy atom. The molecular formula is C10H15N3. The van der Waals surface area contributed by atoms with Crippen molar-refractivity contribution in [2.75, 3.05) is 6.54 Å². The summed E-state index contributed by atoms with van der Waals surface area (Å²) >= 11 is 0. The molecule has 0 aliphatic carbocycles. The molecule has 1 N–H and O–H groups in total. The number of hydrogen-bond donors (Lipinski definition) is 1. The summed E-state index contributed by atoms with van der Waals surface area (Å²) in [4.78, 5) is 4.34. The highest BCUT2D eigenvalue weighted by Crippen LogP contribution is 2.05. The lowest BCUT2D eigenvalue weighted by Gasteiger charge is -2.09. The SMILES string of the molecule is CCn1ccnc1CC1C=CCN1. The summed E-state index contributed by atoms with van der Waals surface area (Å²) in [6.07, 6.45) is 9.29. The molecule has 1 unspecified atom stereocenters. The number of rotatable bonds is 3. The Balaban J connectivity index is 2.04. The molecule has 0 fully saturated rings. The van der Waals surface area contributed by atoms with Crippen LogP contribution in [0.4, 0.5) is 0 Å². The minimum atomic E-state index is 0.479. The van der Waals surface area contributed by atoms with E-state index < -0.39 is 0 Å². The van der Waals surface area contributed by atoms with Crippen molar-refractivity contribution in [3.05, 3.63) is 30.4 Å². The molecule has 3 nitrogen and oxygen atoms in total. The predicted octanol–water partition coefficient (Wildman–Crippen LogP) is 0.973. The van der Waals surface area contributed by atoms with Crippen molar-refractivity contribution in [3.8, 4) is 0 Å². The first-order valence-electron chi connectivity index (χ1n) is 4.80. The first-order chi connectivity index (χ1) is 6.40. The second-order valence-electron chi connectivity index (χ2n) is 3.28. The Morgan fingerprint density at radius 2 is 2.62 bits per heavy atom. The fraction of sp³-hybridized carbons (Fsp3) is 0.500. The molecule has 70 valence electrons. The molecule has 13 heavy (non-hydrogen) atoms. The number of nitrogens with one attached hydrogen (secondary N) is 1. The van der Waals surface area contributed by atoms with Crippen LogP contribution in [0.15, 0.2) is 24.5 Å². The van der Waals surface area contributed by atoms with E-state index in [9.17, 15) is 0 Å².